The summed E-state index contributed by atoms with van der Waals surface area (Å²) in [6, 6.07) is 4.01. The van der Waals surface area contributed by atoms with E-state index in [-0.39, 0.29) is 0 Å². The molecule has 4 nitrogen and oxygen atoms in total. The van der Waals surface area contributed by atoms with Crippen molar-refractivity contribution >= 4 is 0 Å². The second-order valence-corrected chi connectivity index (χ2v) is 4.42. The first-order valence-electron chi connectivity index (χ1n) is 5.98. The van der Waals surface area contributed by atoms with Gasteiger partial charge in [-0.05, 0) is 44.0 Å². The second kappa shape index (κ2) is 4.82. The van der Waals surface area contributed by atoms with E-state index in [0.717, 1.165) is 34.1 Å². The van der Waals surface area contributed by atoms with E-state index in [1.807, 2.05) is 19.1 Å². The van der Waals surface area contributed by atoms with Gasteiger partial charge in [0.25, 0.3) is 0 Å². The Balaban J connectivity index is 2.61. The number of hydrogen-bond donors (Lipinski definition) is 2. The summed E-state index contributed by atoms with van der Waals surface area (Å²) in [6.45, 7) is 6.53. The molecule has 0 aliphatic rings. The van der Waals surface area contributed by atoms with E-state index in [1.165, 1.54) is 5.56 Å². The van der Waals surface area contributed by atoms with Gasteiger partial charge in [-0.2, -0.15) is 0 Å². The minimum Gasteiger partial charge on any atom is -0.496 e. The Bertz CT molecular complexity index is 573. The first kappa shape index (κ1) is 12.6. The van der Waals surface area contributed by atoms with Crippen LogP contribution < -0.4 is 10.5 Å². The predicted octanol–water partition coefficient (Wildman–Crippen LogP) is 2.47. The average molecular weight is 245 g/mol. The third-order valence-electron chi connectivity index (χ3n) is 3.31. The summed E-state index contributed by atoms with van der Waals surface area (Å²) >= 11 is 0. The lowest BCUT2D eigenvalue weighted by Gasteiger charge is -2.12. The van der Waals surface area contributed by atoms with Crippen LogP contribution >= 0.6 is 0 Å². The molecule has 0 amide bonds. The summed E-state index contributed by atoms with van der Waals surface area (Å²) in [5.41, 5.74) is 11.1. The number of nitrogens with zero attached hydrogens (tertiary/aromatic N) is 1. The van der Waals surface area contributed by atoms with E-state index in [2.05, 4.69) is 23.8 Å². The van der Waals surface area contributed by atoms with Crippen LogP contribution in [0.1, 0.15) is 22.6 Å². The molecule has 0 radical (unpaired) electrons. The second-order valence-electron chi connectivity index (χ2n) is 4.42. The fourth-order valence-electron chi connectivity index (χ4n) is 2.18. The van der Waals surface area contributed by atoms with Crippen molar-refractivity contribution in [3.8, 4) is 17.0 Å². The van der Waals surface area contributed by atoms with Crippen LogP contribution in [0.2, 0.25) is 0 Å². The van der Waals surface area contributed by atoms with Gasteiger partial charge in [-0.15, -0.1) is 0 Å². The lowest BCUT2D eigenvalue weighted by Crippen LogP contribution is -2.00. The third kappa shape index (κ3) is 1.99. The van der Waals surface area contributed by atoms with Crippen LogP contribution in [-0.4, -0.2) is 17.1 Å². The fraction of sp³-hybridized carbons (Fsp3) is 0.357. The van der Waals surface area contributed by atoms with Crippen molar-refractivity contribution in [2.75, 3.05) is 7.11 Å². The molecule has 0 aliphatic heterocycles. The van der Waals surface area contributed by atoms with Crippen LogP contribution in [0.5, 0.6) is 5.75 Å². The minimum absolute atomic E-state index is 0.459. The van der Waals surface area contributed by atoms with Gasteiger partial charge >= 0.3 is 0 Å². The number of H-pyrrole nitrogens is 1. The highest BCUT2D eigenvalue weighted by Crippen LogP contribution is 2.31. The third-order valence-corrected chi connectivity index (χ3v) is 3.31. The number of aromatic nitrogens is 2. The van der Waals surface area contributed by atoms with E-state index in [0.29, 0.717) is 6.54 Å². The first-order chi connectivity index (χ1) is 8.58. The number of imidazole rings is 1. The van der Waals surface area contributed by atoms with Gasteiger partial charge in [-0.3, -0.25) is 0 Å². The van der Waals surface area contributed by atoms with E-state index in [1.54, 1.807) is 7.11 Å². The maximum absolute atomic E-state index is 5.75. The monoisotopic (exact) mass is 245 g/mol. The zero-order valence-corrected chi connectivity index (χ0v) is 11.3. The largest absolute Gasteiger partial charge is 0.496 e. The number of methoxy groups -OCH3 is 1. The summed E-state index contributed by atoms with van der Waals surface area (Å²) in [5, 5.41) is 0. The number of rotatable bonds is 3. The molecule has 0 saturated heterocycles. The molecule has 2 aromatic rings. The van der Waals surface area contributed by atoms with Gasteiger partial charge in [0.1, 0.15) is 11.6 Å². The molecular formula is C14H19N3O. The van der Waals surface area contributed by atoms with Gasteiger partial charge in [0, 0.05) is 12.1 Å². The van der Waals surface area contributed by atoms with Crippen LogP contribution in [-0.2, 0) is 6.54 Å². The Kier molecular flexibility index (Phi) is 3.39. The molecule has 18 heavy (non-hydrogen) atoms. The van der Waals surface area contributed by atoms with Gasteiger partial charge in [0.05, 0.1) is 18.5 Å². The number of hydrogen-bond acceptors (Lipinski definition) is 3. The van der Waals surface area contributed by atoms with Gasteiger partial charge < -0.3 is 15.5 Å². The lowest BCUT2D eigenvalue weighted by atomic mass is 9.99. The van der Waals surface area contributed by atoms with E-state index >= 15 is 0 Å². The van der Waals surface area contributed by atoms with Crippen molar-refractivity contribution in [2.45, 2.75) is 27.3 Å². The van der Waals surface area contributed by atoms with Crippen molar-refractivity contribution in [2.24, 2.45) is 5.73 Å². The van der Waals surface area contributed by atoms with Crippen LogP contribution in [0.15, 0.2) is 12.1 Å². The number of aromatic amines is 1. The standard InChI is InChI=1S/C14H19N3O/c1-8-9(2)13(18-4)6-5-11(8)14-12(7-15)16-10(3)17-14/h5-6H,7,15H2,1-4H3,(H,16,17). The van der Waals surface area contributed by atoms with Crippen molar-refractivity contribution in [1.82, 2.24) is 9.97 Å². The average Bonchev–Trinajstić information content (AvgIpc) is 2.73. The van der Waals surface area contributed by atoms with E-state index in [9.17, 15) is 0 Å². The number of aryl methyl sites for hydroxylation is 1. The smallest absolute Gasteiger partial charge is 0.122 e. The van der Waals surface area contributed by atoms with Crippen molar-refractivity contribution < 1.29 is 4.74 Å². The topological polar surface area (TPSA) is 63.9 Å². The Morgan fingerprint density at radius 2 is 1.94 bits per heavy atom. The molecular weight excluding hydrogens is 226 g/mol. The van der Waals surface area contributed by atoms with Crippen molar-refractivity contribution in [1.29, 1.82) is 0 Å². The molecule has 3 N–H and O–H groups in total. The molecule has 2 rings (SSSR count). The number of nitrogens with one attached hydrogen (secondary N) is 1. The Morgan fingerprint density at radius 3 is 2.56 bits per heavy atom. The summed E-state index contributed by atoms with van der Waals surface area (Å²) in [4.78, 5) is 7.73. The highest BCUT2D eigenvalue weighted by Gasteiger charge is 2.14. The molecule has 1 aromatic heterocycles. The number of benzene rings is 1. The van der Waals surface area contributed by atoms with Gasteiger partial charge in [0.15, 0.2) is 0 Å². The molecule has 4 heteroatoms. The Morgan fingerprint density at radius 1 is 1.22 bits per heavy atom. The molecule has 96 valence electrons. The number of ether oxygens (including phenoxy) is 1. The molecule has 1 heterocycles. The quantitative estimate of drug-likeness (QED) is 0.873. The summed E-state index contributed by atoms with van der Waals surface area (Å²) < 4.78 is 5.33. The van der Waals surface area contributed by atoms with Crippen molar-refractivity contribution in [3.05, 3.63) is 34.8 Å². The minimum atomic E-state index is 0.459. The highest BCUT2D eigenvalue weighted by atomic mass is 16.5. The van der Waals surface area contributed by atoms with E-state index < -0.39 is 0 Å². The SMILES string of the molecule is COc1ccc(-c2nc(C)[nH]c2CN)c(C)c1C. The Labute approximate surface area is 107 Å². The zero-order chi connectivity index (χ0) is 13.3. The first-order valence-corrected chi connectivity index (χ1v) is 5.98. The van der Waals surface area contributed by atoms with Gasteiger partial charge in [0.2, 0.25) is 0 Å². The summed E-state index contributed by atoms with van der Waals surface area (Å²) in [7, 11) is 1.69. The van der Waals surface area contributed by atoms with Crippen LogP contribution in [0.3, 0.4) is 0 Å². The molecule has 0 unspecified atom stereocenters. The lowest BCUT2D eigenvalue weighted by molar-refractivity contribution is 0.411. The fourth-order valence-corrected chi connectivity index (χ4v) is 2.18. The maximum Gasteiger partial charge on any atom is 0.122 e. The molecule has 0 saturated carbocycles. The van der Waals surface area contributed by atoms with Crippen LogP contribution in [0.4, 0.5) is 0 Å². The molecule has 0 bridgehead atoms. The Hall–Kier alpha value is -1.81. The predicted molar refractivity (Wildman–Crippen MR) is 72.7 cm³/mol. The van der Waals surface area contributed by atoms with Crippen LogP contribution in [0, 0.1) is 20.8 Å². The van der Waals surface area contributed by atoms with Crippen molar-refractivity contribution in [3.63, 3.8) is 0 Å². The zero-order valence-electron chi connectivity index (χ0n) is 11.3. The normalized spacial score (nSPS) is 10.7. The molecule has 0 atom stereocenters. The molecule has 0 fully saturated rings. The maximum atomic E-state index is 5.75. The van der Waals surface area contributed by atoms with E-state index in [4.69, 9.17) is 10.5 Å². The summed E-state index contributed by atoms with van der Waals surface area (Å²) in [5.74, 6) is 1.79. The van der Waals surface area contributed by atoms with Gasteiger partial charge in [-0.25, -0.2) is 4.98 Å². The molecule has 0 aliphatic carbocycles. The van der Waals surface area contributed by atoms with Crippen LogP contribution in [0.25, 0.3) is 11.3 Å². The van der Waals surface area contributed by atoms with Gasteiger partial charge in [-0.1, -0.05) is 0 Å². The molecule has 0 spiro atoms. The number of nitrogens with two attached hydrogens (primary N) is 1. The molecule has 1 aromatic carbocycles. The summed E-state index contributed by atoms with van der Waals surface area (Å²) in [6.07, 6.45) is 0. The highest BCUT2D eigenvalue weighted by molar-refractivity contribution is 5.69.